The Labute approximate surface area is 125 Å². The quantitative estimate of drug-likeness (QED) is 0.742. The zero-order valence-corrected chi connectivity index (χ0v) is 13.0. The lowest BCUT2D eigenvalue weighted by Crippen LogP contribution is -2.20. The first-order valence-corrected chi connectivity index (χ1v) is 7.36. The van der Waals surface area contributed by atoms with E-state index in [1.807, 2.05) is 13.8 Å². The van der Waals surface area contributed by atoms with E-state index in [2.05, 4.69) is 5.32 Å². The SMILES string of the molecule is CCCOc1ccc(NC(=O)C(C)Cl)cc1OCCC. The van der Waals surface area contributed by atoms with E-state index in [4.69, 9.17) is 21.1 Å². The van der Waals surface area contributed by atoms with Crippen molar-refractivity contribution in [1.82, 2.24) is 0 Å². The lowest BCUT2D eigenvalue weighted by atomic mass is 10.2. The lowest BCUT2D eigenvalue weighted by molar-refractivity contribution is -0.115. The first kappa shape index (κ1) is 16.6. The second-order valence-corrected chi connectivity index (χ2v) is 5.12. The van der Waals surface area contributed by atoms with Gasteiger partial charge < -0.3 is 14.8 Å². The van der Waals surface area contributed by atoms with E-state index in [9.17, 15) is 4.79 Å². The molecule has 0 saturated heterocycles. The average molecular weight is 300 g/mol. The molecular formula is C15H22ClNO3. The van der Waals surface area contributed by atoms with E-state index in [-0.39, 0.29) is 5.91 Å². The molecule has 1 amide bonds. The summed E-state index contributed by atoms with van der Waals surface area (Å²) in [6, 6.07) is 5.34. The molecule has 4 nitrogen and oxygen atoms in total. The van der Waals surface area contributed by atoms with Gasteiger partial charge in [0.15, 0.2) is 11.5 Å². The number of carbonyl (C=O) groups is 1. The fourth-order valence-electron chi connectivity index (χ4n) is 1.48. The molecular weight excluding hydrogens is 278 g/mol. The highest BCUT2D eigenvalue weighted by atomic mass is 35.5. The summed E-state index contributed by atoms with van der Waals surface area (Å²) in [6.07, 6.45) is 1.83. The second kappa shape index (κ2) is 8.69. The monoisotopic (exact) mass is 299 g/mol. The number of nitrogens with one attached hydrogen (secondary N) is 1. The fraction of sp³-hybridized carbons (Fsp3) is 0.533. The van der Waals surface area contributed by atoms with Crippen LogP contribution in [0.5, 0.6) is 11.5 Å². The molecule has 112 valence electrons. The van der Waals surface area contributed by atoms with E-state index in [0.29, 0.717) is 30.4 Å². The highest BCUT2D eigenvalue weighted by Gasteiger charge is 2.12. The standard InChI is InChI=1S/C15H22ClNO3/c1-4-8-19-13-7-6-12(17-15(18)11(3)16)10-14(13)20-9-5-2/h6-7,10-11H,4-5,8-9H2,1-3H3,(H,17,18). The van der Waals surface area contributed by atoms with Crippen molar-refractivity contribution >= 4 is 23.2 Å². The van der Waals surface area contributed by atoms with E-state index < -0.39 is 5.38 Å². The lowest BCUT2D eigenvalue weighted by Gasteiger charge is -2.14. The number of halogens is 1. The van der Waals surface area contributed by atoms with Gasteiger partial charge in [0.1, 0.15) is 5.38 Å². The second-order valence-electron chi connectivity index (χ2n) is 4.46. The zero-order valence-electron chi connectivity index (χ0n) is 12.2. The van der Waals surface area contributed by atoms with Crippen molar-refractivity contribution in [3.8, 4) is 11.5 Å². The molecule has 20 heavy (non-hydrogen) atoms. The third kappa shape index (κ3) is 5.29. The number of amides is 1. The van der Waals surface area contributed by atoms with Crippen LogP contribution in [0.1, 0.15) is 33.6 Å². The molecule has 1 rings (SSSR count). The Morgan fingerprint density at radius 1 is 1.20 bits per heavy atom. The Kier molecular flexibility index (Phi) is 7.23. The topological polar surface area (TPSA) is 47.6 Å². The van der Waals surface area contributed by atoms with E-state index in [1.165, 1.54) is 0 Å². The van der Waals surface area contributed by atoms with Gasteiger partial charge in [-0.15, -0.1) is 11.6 Å². The van der Waals surface area contributed by atoms with Crippen molar-refractivity contribution in [1.29, 1.82) is 0 Å². The van der Waals surface area contributed by atoms with Crippen LogP contribution in [0.4, 0.5) is 5.69 Å². The minimum Gasteiger partial charge on any atom is -0.490 e. The van der Waals surface area contributed by atoms with Gasteiger partial charge in [-0.2, -0.15) is 0 Å². The van der Waals surface area contributed by atoms with Crippen LogP contribution in [-0.4, -0.2) is 24.5 Å². The molecule has 0 aliphatic rings. The van der Waals surface area contributed by atoms with Gasteiger partial charge in [0.05, 0.1) is 13.2 Å². The number of ether oxygens (including phenoxy) is 2. The highest BCUT2D eigenvalue weighted by Crippen LogP contribution is 2.31. The predicted molar refractivity (Wildman–Crippen MR) is 82.0 cm³/mol. The van der Waals surface area contributed by atoms with Gasteiger partial charge in [-0.25, -0.2) is 0 Å². The Morgan fingerprint density at radius 2 is 1.80 bits per heavy atom. The number of alkyl halides is 1. The number of carbonyl (C=O) groups excluding carboxylic acids is 1. The summed E-state index contributed by atoms with van der Waals surface area (Å²) in [5, 5.41) is 2.16. The molecule has 5 heteroatoms. The molecule has 0 saturated carbocycles. The molecule has 1 atom stereocenters. The van der Waals surface area contributed by atoms with Crippen molar-refractivity contribution in [3.63, 3.8) is 0 Å². The molecule has 0 radical (unpaired) electrons. The van der Waals surface area contributed by atoms with Crippen molar-refractivity contribution in [2.24, 2.45) is 0 Å². The van der Waals surface area contributed by atoms with Gasteiger partial charge in [-0.3, -0.25) is 4.79 Å². The van der Waals surface area contributed by atoms with Crippen molar-refractivity contribution in [2.45, 2.75) is 39.0 Å². The van der Waals surface area contributed by atoms with Crippen LogP contribution in [0.2, 0.25) is 0 Å². The Bertz CT molecular complexity index is 435. The minimum atomic E-state index is -0.578. The van der Waals surface area contributed by atoms with Crippen LogP contribution in [0.15, 0.2) is 18.2 Å². The molecule has 0 heterocycles. The van der Waals surface area contributed by atoms with Crippen LogP contribution in [0, 0.1) is 0 Å². The summed E-state index contributed by atoms with van der Waals surface area (Å²) in [4.78, 5) is 11.6. The molecule has 0 aromatic heterocycles. The summed E-state index contributed by atoms with van der Waals surface area (Å²) < 4.78 is 11.3. The Hall–Kier alpha value is -1.42. The molecule has 1 aromatic carbocycles. The highest BCUT2D eigenvalue weighted by molar-refractivity contribution is 6.32. The molecule has 0 aliphatic heterocycles. The van der Waals surface area contributed by atoms with Crippen LogP contribution >= 0.6 is 11.6 Å². The van der Waals surface area contributed by atoms with Crippen molar-refractivity contribution < 1.29 is 14.3 Å². The number of anilines is 1. The minimum absolute atomic E-state index is 0.240. The normalized spacial score (nSPS) is 11.8. The number of benzene rings is 1. The van der Waals surface area contributed by atoms with Gasteiger partial charge >= 0.3 is 0 Å². The predicted octanol–water partition coefficient (Wildman–Crippen LogP) is 3.83. The smallest absolute Gasteiger partial charge is 0.242 e. The van der Waals surface area contributed by atoms with Gasteiger partial charge in [-0.05, 0) is 31.9 Å². The van der Waals surface area contributed by atoms with Crippen LogP contribution in [0.3, 0.4) is 0 Å². The summed E-state index contributed by atoms with van der Waals surface area (Å²) in [6.45, 7) is 6.94. The third-order valence-electron chi connectivity index (χ3n) is 2.50. The van der Waals surface area contributed by atoms with Crippen LogP contribution in [0.25, 0.3) is 0 Å². The Balaban J connectivity index is 2.85. The van der Waals surface area contributed by atoms with Crippen LogP contribution in [-0.2, 0) is 4.79 Å². The van der Waals surface area contributed by atoms with Gasteiger partial charge in [-0.1, -0.05) is 13.8 Å². The molecule has 0 fully saturated rings. The Morgan fingerprint density at radius 3 is 2.35 bits per heavy atom. The molecule has 0 aliphatic carbocycles. The van der Waals surface area contributed by atoms with Crippen molar-refractivity contribution in [3.05, 3.63) is 18.2 Å². The third-order valence-corrected chi connectivity index (χ3v) is 2.69. The summed E-state index contributed by atoms with van der Waals surface area (Å²) in [5.74, 6) is 1.09. The number of hydrogen-bond acceptors (Lipinski definition) is 3. The average Bonchev–Trinajstić information content (AvgIpc) is 2.43. The number of rotatable bonds is 8. The van der Waals surface area contributed by atoms with Gasteiger partial charge in [0, 0.05) is 11.8 Å². The maximum absolute atomic E-state index is 11.6. The van der Waals surface area contributed by atoms with Crippen molar-refractivity contribution in [2.75, 3.05) is 18.5 Å². The van der Waals surface area contributed by atoms with Gasteiger partial charge in [0.25, 0.3) is 0 Å². The fourth-order valence-corrected chi connectivity index (χ4v) is 1.54. The summed E-state index contributed by atoms with van der Waals surface area (Å²) in [5.41, 5.74) is 0.650. The molecule has 0 bridgehead atoms. The molecule has 1 aromatic rings. The van der Waals surface area contributed by atoms with Gasteiger partial charge in [0.2, 0.25) is 5.91 Å². The molecule has 1 unspecified atom stereocenters. The summed E-state index contributed by atoms with van der Waals surface area (Å²) >= 11 is 5.73. The number of hydrogen-bond donors (Lipinski definition) is 1. The first-order chi connectivity index (χ1) is 9.58. The van der Waals surface area contributed by atoms with E-state index in [1.54, 1.807) is 25.1 Å². The first-order valence-electron chi connectivity index (χ1n) is 6.93. The largest absolute Gasteiger partial charge is 0.490 e. The maximum Gasteiger partial charge on any atom is 0.242 e. The molecule has 1 N–H and O–H groups in total. The van der Waals surface area contributed by atoms with E-state index in [0.717, 1.165) is 12.8 Å². The zero-order chi connectivity index (χ0) is 15.0. The van der Waals surface area contributed by atoms with E-state index >= 15 is 0 Å². The summed E-state index contributed by atoms with van der Waals surface area (Å²) in [7, 11) is 0. The maximum atomic E-state index is 11.6. The molecule has 0 spiro atoms. The van der Waals surface area contributed by atoms with Crippen LogP contribution < -0.4 is 14.8 Å².